The summed E-state index contributed by atoms with van der Waals surface area (Å²) in [5.41, 5.74) is 1.24. The van der Waals surface area contributed by atoms with E-state index in [1.807, 2.05) is 13.0 Å². The second kappa shape index (κ2) is 5.21. The van der Waals surface area contributed by atoms with Crippen molar-refractivity contribution in [1.29, 1.82) is 0 Å². The molecule has 2 rings (SSSR count). The Morgan fingerprint density at radius 2 is 1.83 bits per heavy atom. The topological polar surface area (TPSA) is 25.8 Å². The Morgan fingerprint density at radius 1 is 1.17 bits per heavy atom. The highest BCUT2D eigenvalue weighted by molar-refractivity contribution is 5.56. The van der Waals surface area contributed by atoms with Gasteiger partial charge in [-0.1, -0.05) is 19.9 Å². The highest BCUT2D eigenvalue weighted by Gasteiger charge is 2.11. The van der Waals surface area contributed by atoms with Gasteiger partial charge in [0.05, 0.1) is 18.0 Å². The highest BCUT2D eigenvalue weighted by atomic mass is 19.1. The predicted molar refractivity (Wildman–Crippen MR) is 66.1 cm³/mol. The van der Waals surface area contributed by atoms with Crippen LogP contribution in [0.15, 0.2) is 30.6 Å². The Kier molecular flexibility index (Phi) is 3.65. The smallest absolute Gasteiger partial charge is 0.162 e. The molecule has 0 radical (unpaired) electrons. The van der Waals surface area contributed by atoms with Crippen molar-refractivity contribution in [1.82, 2.24) is 9.97 Å². The molecule has 0 N–H and O–H groups in total. The molecular weight excluding hydrogens is 234 g/mol. The molecule has 94 valence electrons. The van der Waals surface area contributed by atoms with Crippen LogP contribution in [0.4, 0.5) is 8.78 Å². The molecular formula is C14H14F2N2. The van der Waals surface area contributed by atoms with Gasteiger partial charge in [-0.25, -0.2) is 18.7 Å². The van der Waals surface area contributed by atoms with Gasteiger partial charge in [0, 0.05) is 0 Å². The monoisotopic (exact) mass is 248 g/mol. The maximum atomic E-state index is 14.0. The van der Waals surface area contributed by atoms with Gasteiger partial charge < -0.3 is 0 Å². The minimum absolute atomic E-state index is 0.199. The summed E-state index contributed by atoms with van der Waals surface area (Å²) in [5.74, 6) is -0.401. The Balaban J connectivity index is 2.38. The predicted octanol–water partition coefficient (Wildman–Crippen LogP) is 3.94. The molecule has 1 aromatic heterocycles. The molecule has 0 saturated carbocycles. The van der Waals surface area contributed by atoms with Crippen molar-refractivity contribution < 1.29 is 8.78 Å². The minimum atomic E-state index is -0.532. The first-order valence-electron chi connectivity index (χ1n) is 5.89. The van der Waals surface area contributed by atoms with Crippen LogP contribution in [0.2, 0.25) is 0 Å². The molecule has 0 amide bonds. The Morgan fingerprint density at radius 3 is 2.39 bits per heavy atom. The number of benzene rings is 1. The molecule has 1 heterocycles. The molecule has 2 aromatic rings. The van der Waals surface area contributed by atoms with Gasteiger partial charge in [-0.2, -0.15) is 0 Å². The fourth-order valence-corrected chi connectivity index (χ4v) is 1.71. The van der Waals surface area contributed by atoms with E-state index >= 15 is 0 Å². The van der Waals surface area contributed by atoms with Gasteiger partial charge in [0.25, 0.3) is 0 Å². The zero-order valence-electron chi connectivity index (χ0n) is 10.3. The van der Waals surface area contributed by atoms with Crippen molar-refractivity contribution >= 4 is 0 Å². The number of hydrogen-bond acceptors (Lipinski definition) is 2. The van der Waals surface area contributed by atoms with E-state index in [9.17, 15) is 8.78 Å². The summed E-state index contributed by atoms with van der Waals surface area (Å²) >= 11 is 0. The molecule has 0 spiro atoms. The summed E-state index contributed by atoms with van der Waals surface area (Å²) in [7, 11) is 0. The average Bonchev–Trinajstić information content (AvgIpc) is 2.39. The molecule has 2 nitrogen and oxygen atoms in total. The third-order valence-electron chi connectivity index (χ3n) is 3.04. The normalized spacial score (nSPS) is 12.4. The van der Waals surface area contributed by atoms with E-state index in [1.165, 1.54) is 6.07 Å². The molecule has 4 heteroatoms. The lowest BCUT2D eigenvalue weighted by molar-refractivity contribution is 0.609. The zero-order valence-corrected chi connectivity index (χ0v) is 10.3. The van der Waals surface area contributed by atoms with Crippen molar-refractivity contribution in [2.45, 2.75) is 26.2 Å². The molecule has 0 aliphatic rings. The van der Waals surface area contributed by atoms with E-state index in [1.54, 1.807) is 6.07 Å². The summed E-state index contributed by atoms with van der Waals surface area (Å²) in [6.07, 6.45) is 3.01. The van der Waals surface area contributed by atoms with Crippen LogP contribution in [0.5, 0.6) is 0 Å². The van der Waals surface area contributed by atoms with Crippen LogP contribution < -0.4 is 0 Å². The van der Waals surface area contributed by atoms with Gasteiger partial charge in [0.15, 0.2) is 11.6 Å². The molecule has 1 unspecified atom stereocenters. The van der Waals surface area contributed by atoms with E-state index in [-0.39, 0.29) is 11.6 Å². The number of rotatable bonds is 3. The van der Waals surface area contributed by atoms with Gasteiger partial charge in [-0.3, -0.25) is 0 Å². The maximum Gasteiger partial charge on any atom is 0.162 e. The van der Waals surface area contributed by atoms with Crippen molar-refractivity contribution in [3.05, 3.63) is 47.8 Å². The molecule has 0 bridgehead atoms. The fraction of sp³-hybridized carbons (Fsp3) is 0.286. The van der Waals surface area contributed by atoms with Crippen LogP contribution in [0.3, 0.4) is 0 Å². The zero-order chi connectivity index (χ0) is 13.1. The minimum Gasteiger partial charge on any atom is -0.233 e. The molecule has 0 aliphatic carbocycles. The van der Waals surface area contributed by atoms with Crippen LogP contribution in [-0.4, -0.2) is 9.97 Å². The third-order valence-corrected chi connectivity index (χ3v) is 3.04. The van der Waals surface area contributed by atoms with Gasteiger partial charge >= 0.3 is 0 Å². The highest BCUT2D eigenvalue weighted by Crippen LogP contribution is 2.25. The van der Waals surface area contributed by atoms with Crippen molar-refractivity contribution in [2.24, 2.45) is 0 Å². The Labute approximate surface area is 105 Å². The van der Waals surface area contributed by atoms with Crippen LogP contribution in [0.25, 0.3) is 11.4 Å². The first-order chi connectivity index (χ1) is 8.61. The SMILES string of the molecule is CCC(C)c1ccc(-c2ncc(F)cn2)c(F)c1. The van der Waals surface area contributed by atoms with E-state index < -0.39 is 5.82 Å². The molecule has 1 atom stereocenters. The van der Waals surface area contributed by atoms with Crippen LogP contribution in [-0.2, 0) is 0 Å². The largest absolute Gasteiger partial charge is 0.233 e. The summed E-state index contributed by atoms with van der Waals surface area (Å²) in [4.78, 5) is 7.56. The van der Waals surface area contributed by atoms with Crippen LogP contribution >= 0.6 is 0 Å². The standard InChI is InChI=1S/C14H14F2N2/c1-3-9(2)10-4-5-12(13(16)6-10)14-17-7-11(15)8-18-14/h4-9H,3H2,1-2H3. The maximum absolute atomic E-state index is 14.0. The summed E-state index contributed by atoms with van der Waals surface area (Å²) in [6, 6.07) is 5.00. The Hall–Kier alpha value is -1.84. The molecule has 1 aromatic carbocycles. The molecule has 0 saturated heterocycles. The summed E-state index contributed by atoms with van der Waals surface area (Å²) in [6.45, 7) is 4.10. The lowest BCUT2D eigenvalue weighted by Crippen LogP contribution is -1.96. The van der Waals surface area contributed by atoms with E-state index in [4.69, 9.17) is 0 Å². The first kappa shape index (κ1) is 12.6. The second-order valence-electron chi connectivity index (χ2n) is 4.27. The van der Waals surface area contributed by atoms with Gasteiger partial charge in [-0.05, 0) is 30.0 Å². The first-order valence-corrected chi connectivity index (χ1v) is 5.89. The van der Waals surface area contributed by atoms with Gasteiger partial charge in [0.2, 0.25) is 0 Å². The number of nitrogens with zero attached hydrogens (tertiary/aromatic N) is 2. The average molecular weight is 248 g/mol. The van der Waals surface area contributed by atoms with Gasteiger partial charge in [0.1, 0.15) is 5.82 Å². The van der Waals surface area contributed by atoms with Crippen molar-refractivity contribution in [2.75, 3.05) is 0 Å². The molecule has 18 heavy (non-hydrogen) atoms. The van der Waals surface area contributed by atoms with Crippen LogP contribution in [0, 0.1) is 11.6 Å². The lowest BCUT2D eigenvalue weighted by Gasteiger charge is -2.10. The summed E-state index contributed by atoms with van der Waals surface area (Å²) in [5, 5.41) is 0. The van der Waals surface area contributed by atoms with Crippen molar-refractivity contribution in [3.63, 3.8) is 0 Å². The third kappa shape index (κ3) is 2.53. The fourth-order valence-electron chi connectivity index (χ4n) is 1.71. The second-order valence-corrected chi connectivity index (χ2v) is 4.27. The van der Waals surface area contributed by atoms with E-state index in [0.29, 0.717) is 11.5 Å². The lowest BCUT2D eigenvalue weighted by atomic mass is 9.97. The van der Waals surface area contributed by atoms with E-state index in [2.05, 4.69) is 16.9 Å². The van der Waals surface area contributed by atoms with Crippen LogP contribution in [0.1, 0.15) is 31.7 Å². The number of aromatic nitrogens is 2. The van der Waals surface area contributed by atoms with Crippen molar-refractivity contribution in [3.8, 4) is 11.4 Å². The van der Waals surface area contributed by atoms with Gasteiger partial charge in [-0.15, -0.1) is 0 Å². The molecule has 0 aliphatic heterocycles. The Bertz CT molecular complexity index is 538. The quantitative estimate of drug-likeness (QED) is 0.822. The van der Waals surface area contributed by atoms with E-state index in [0.717, 1.165) is 24.4 Å². The molecule has 0 fully saturated rings. The summed E-state index contributed by atoms with van der Waals surface area (Å²) < 4.78 is 26.7. The number of hydrogen-bond donors (Lipinski definition) is 0. The number of halogens is 2.